The molecule has 0 aliphatic carbocycles. The van der Waals surface area contributed by atoms with Gasteiger partial charge in [0.05, 0.1) is 17.9 Å². The Labute approximate surface area is 102 Å². The molecule has 1 rings (SSSR count). The molecule has 1 heterocycles. The van der Waals surface area contributed by atoms with Crippen molar-refractivity contribution in [2.45, 2.75) is 24.8 Å². The monoisotopic (exact) mass is 267 g/mol. The number of nitrogens with one attached hydrogen (secondary N) is 1. The van der Waals surface area contributed by atoms with E-state index in [-0.39, 0.29) is 12.4 Å². The lowest BCUT2D eigenvalue weighted by molar-refractivity contribution is 0.0222. The third-order valence-electron chi connectivity index (χ3n) is 2.89. The van der Waals surface area contributed by atoms with Gasteiger partial charge in [-0.2, -0.15) is 0 Å². The van der Waals surface area contributed by atoms with Gasteiger partial charge >= 0.3 is 0 Å². The Balaban J connectivity index is 2.54. The highest BCUT2D eigenvalue weighted by Gasteiger charge is 2.35. The van der Waals surface area contributed by atoms with E-state index < -0.39 is 15.6 Å². The van der Waals surface area contributed by atoms with Crippen LogP contribution in [-0.4, -0.2) is 58.4 Å². The molecule has 17 heavy (non-hydrogen) atoms. The van der Waals surface area contributed by atoms with Crippen molar-refractivity contribution in [2.75, 3.05) is 39.3 Å². The quantitative estimate of drug-likeness (QED) is 0.607. The van der Waals surface area contributed by atoms with Crippen LogP contribution in [0.5, 0.6) is 0 Å². The first kappa shape index (κ1) is 14.8. The van der Waals surface area contributed by atoms with Crippen LogP contribution in [0.4, 0.5) is 0 Å². The predicted octanol–water partition coefficient (Wildman–Crippen LogP) is -0.516. The highest BCUT2D eigenvalue weighted by atomic mass is 32.2. The van der Waals surface area contributed by atoms with Gasteiger partial charge in [-0.15, -0.1) is 0 Å². The average Bonchev–Trinajstić information content (AvgIpc) is 2.30. The standard InChI is InChI=1S/C10H21NO5S/c1-15-5-2-8-17(13,14)11-10(9-12)3-6-16-7-4-10/h11-12H,2-9H2,1H3. The molecular weight excluding hydrogens is 246 g/mol. The minimum Gasteiger partial charge on any atom is -0.394 e. The molecule has 0 amide bonds. The Hall–Kier alpha value is -0.210. The summed E-state index contributed by atoms with van der Waals surface area (Å²) in [4.78, 5) is 0. The molecule has 1 saturated heterocycles. The van der Waals surface area contributed by atoms with Crippen molar-refractivity contribution in [3.05, 3.63) is 0 Å². The normalized spacial score (nSPS) is 20.4. The van der Waals surface area contributed by atoms with E-state index in [0.29, 0.717) is 39.1 Å². The highest BCUT2D eigenvalue weighted by molar-refractivity contribution is 7.89. The van der Waals surface area contributed by atoms with E-state index in [0.717, 1.165) is 0 Å². The Kier molecular flexibility index (Phi) is 5.81. The van der Waals surface area contributed by atoms with Gasteiger partial charge in [-0.1, -0.05) is 0 Å². The molecule has 6 nitrogen and oxygen atoms in total. The summed E-state index contributed by atoms with van der Waals surface area (Å²) in [5, 5.41) is 9.37. The van der Waals surface area contributed by atoms with Crippen LogP contribution in [0.25, 0.3) is 0 Å². The molecule has 0 spiro atoms. The molecular formula is C10H21NO5S. The lowest BCUT2D eigenvalue weighted by Crippen LogP contribution is -2.55. The van der Waals surface area contributed by atoms with Crippen molar-refractivity contribution < 1.29 is 23.0 Å². The summed E-state index contributed by atoms with van der Waals surface area (Å²) in [6, 6.07) is 0. The van der Waals surface area contributed by atoms with Crippen molar-refractivity contribution in [3.63, 3.8) is 0 Å². The topological polar surface area (TPSA) is 84.9 Å². The fourth-order valence-corrected chi connectivity index (χ4v) is 3.36. The van der Waals surface area contributed by atoms with Gasteiger partial charge in [0.25, 0.3) is 0 Å². The van der Waals surface area contributed by atoms with Crippen LogP contribution in [0.15, 0.2) is 0 Å². The molecule has 0 radical (unpaired) electrons. The van der Waals surface area contributed by atoms with Gasteiger partial charge in [-0.25, -0.2) is 13.1 Å². The first-order chi connectivity index (χ1) is 8.04. The summed E-state index contributed by atoms with van der Waals surface area (Å²) in [6.07, 6.45) is 1.46. The van der Waals surface area contributed by atoms with E-state index in [1.807, 2.05) is 0 Å². The molecule has 0 aromatic carbocycles. The van der Waals surface area contributed by atoms with Crippen LogP contribution in [0.1, 0.15) is 19.3 Å². The Bertz CT molecular complexity index is 311. The van der Waals surface area contributed by atoms with Gasteiger partial charge in [0, 0.05) is 26.9 Å². The van der Waals surface area contributed by atoms with Gasteiger partial charge in [0.2, 0.25) is 10.0 Å². The fraction of sp³-hybridized carbons (Fsp3) is 1.00. The zero-order valence-electron chi connectivity index (χ0n) is 10.1. The summed E-state index contributed by atoms with van der Waals surface area (Å²) in [5.41, 5.74) is -0.746. The van der Waals surface area contributed by atoms with Crippen molar-refractivity contribution in [1.82, 2.24) is 4.72 Å². The number of hydrogen-bond donors (Lipinski definition) is 2. The first-order valence-corrected chi connectivity index (χ1v) is 7.38. The third-order valence-corrected chi connectivity index (χ3v) is 4.46. The molecule has 0 unspecified atom stereocenters. The lowest BCUT2D eigenvalue weighted by Gasteiger charge is -2.35. The van der Waals surface area contributed by atoms with Crippen molar-refractivity contribution in [3.8, 4) is 0 Å². The average molecular weight is 267 g/mol. The van der Waals surface area contributed by atoms with Crippen LogP contribution < -0.4 is 4.72 Å². The zero-order valence-corrected chi connectivity index (χ0v) is 11.0. The van der Waals surface area contributed by atoms with Gasteiger partial charge < -0.3 is 14.6 Å². The van der Waals surface area contributed by atoms with Gasteiger partial charge in [0.1, 0.15) is 0 Å². The maximum atomic E-state index is 11.8. The SMILES string of the molecule is COCCCS(=O)(=O)NC1(CO)CCOCC1. The molecule has 0 atom stereocenters. The lowest BCUT2D eigenvalue weighted by atomic mass is 9.93. The van der Waals surface area contributed by atoms with Crippen LogP contribution in [0, 0.1) is 0 Å². The molecule has 0 saturated carbocycles. The van der Waals surface area contributed by atoms with Gasteiger partial charge in [-0.3, -0.25) is 0 Å². The number of sulfonamides is 1. The maximum Gasteiger partial charge on any atom is 0.212 e. The number of aliphatic hydroxyl groups excluding tert-OH is 1. The van der Waals surface area contributed by atoms with Crippen LogP contribution >= 0.6 is 0 Å². The molecule has 0 aromatic heterocycles. The first-order valence-electron chi connectivity index (χ1n) is 5.73. The summed E-state index contributed by atoms with van der Waals surface area (Å²) in [7, 11) is -1.83. The smallest absolute Gasteiger partial charge is 0.212 e. The van der Waals surface area contributed by atoms with E-state index in [4.69, 9.17) is 9.47 Å². The van der Waals surface area contributed by atoms with Crippen molar-refractivity contribution in [2.24, 2.45) is 0 Å². The zero-order chi connectivity index (χ0) is 12.8. The summed E-state index contributed by atoms with van der Waals surface area (Å²) >= 11 is 0. The molecule has 1 aliphatic heterocycles. The largest absolute Gasteiger partial charge is 0.394 e. The number of methoxy groups -OCH3 is 1. The second kappa shape index (κ2) is 6.65. The van der Waals surface area contributed by atoms with E-state index >= 15 is 0 Å². The van der Waals surface area contributed by atoms with Crippen molar-refractivity contribution in [1.29, 1.82) is 0 Å². The second-order valence-corrected chi connectivity index (χ2v) is 6.16. The number of ether oxygens (including phenoxy) is 2. The number of aliphatic hydroxyl groups is 1. The summed E-state index contributed by atoms with van der Waals surface area (Å²) in [6.45, 7) is 1.16. The number of rotatable bonds is 7. The molecule has 7 heteroatoms. The second-order valence-electron chi connectivity index (χ2n) is 4.32. The summed E-state index contributed by atoms with van der Waals surface area (Å²) < 4.78 is 36.2. The predicted molar refractivity (Wildman–Crippen MR) is 63.3 cm³/mol. The molecule has 102 valence electrons. The van der Waals surface area contributed by atoms with E-state index in [9.17, 15) is 13.5 Å². The number of hydrogen-bond acceptors (Lipinski definition) is 5. The highest BCUT2D eigenvalue weighted by Crippen LogP contribution is 2.21. The van der Waals surface area contributed by atoms with E-state index in [1.54, 1.807) is 0 Å². The third kappa shape index (κ3) is 4.89. The fourth-order valence-electron chi connectivity index (χ4n) is 1.83. The minimum atomic E-state index is -3.37. The summed E-state index contributed by atoms with van der Waals surface area (Å²) in [5.74, 6) is 0.0173. The minimum absolute atomic E-state index is 0.0173. The Morgan fingerprint density at radius 3 is 2.59 bits per heavy atom. The van der Waals surface area contributed by atoms with E-state index in [2.05, 4.69) is 4.72 Å². The Morgan fingerprint density at radius 2 is 2.06 bits per heavy atom. The van der Waals surface area contributed by atoms with Gasteiger partial charge in [-0.05, 0) is 19.3 Å². The van der Waals surface area contributed by atoms with Crippen molar-refractivity contribution >= 4 is 10.0 Å². The van der Waals surface area contributed by atoms with Crippen LogP contribution in [0.2, 0.25) is 0 Å². The molecule has 1 fully saturated rings. The maximum absolute atomic E-state index is 11.8. The molecule has 1 aliphatic rings. The van der Waals surface area contributed by atoms with Crippen LogP contribution in [-0.2, 0) is 19.5 Å². The Morgan fingerprint density at radius 1 is 1.41 bits per heavy atom. The van der Waals surface area contributed by atoms with E-state index in [1.165, 1.54) is 7.11 Å². The molecule has 0 bridgehead atoms. The van der Waals surface area contributed by atoms with Crippen LogP contribution in [0.3, 0.4) is 0 Å². The van der Waals surface area contributed by atoms with Gasteiger partial charge in [0.15, 0.2) is 0 Å². The molecule has 0 aromatic rings. The molecule has 2 N–H and O–H groups in total.